The Morgan fingerprint density at radius 3 is 2.00 bits per heavy atom. The lowest BCUT2D eigenvalue weighted by molar-refractivity contribution is 0.670. The Labute approximate surface area is 307 Å². The van der Waals surface area contributed by atoms with Crippen LogP contribution in [0.3, 0.4) is 0 Å². The van der Waals surface area contributed by atoms with Crippen LogP contribution >= 0.6 is 11.3 Å². The first kappa shape index (κ1) is 21.5. The molecule has 11 rings (SSSR count). The van der Waals surface area contributed by atoms with Crippen molar-refractivity contribution in [1.82, 2.24) is 19.5 Å². The molecule has 0 N–H and O–H groups in total. The SMILES string of the molecule is [2H]c1c([2H])c([2H])c2c(c1[2H])c1c([2H])c([2H])c([2H])c([2H])c1n2-c1nc(-c2ccccc2)nc(-c2cccc3oc4c(-c5cccc6c5sc5ccccc56)cccc4c23)n1. The molecule has 0 aliphatic rings. The summed E-state index contributed by atoms with van der Waals surface area (Å²) >= 11 is 1.74. The molecule has 238 valence electrons. The molecule has 4 aromatic heterocycles. The maximum absolute atomic E-state index is 9.07. The van der Waals surface area contributed by atoms with Gasteiger partial charge in [0.1, 0.15) is 11.2 Å². The molecule has 0 atom stereocenters. The summed E-state index contributed by atoms with van der Waals surface area (Å²) < 4.78 is 80.5. The molecule has 0 unspecified atom stereocenters. The van der Waals surface area contributed by atoms with Crippen LogP contribution in [-0.4, -0.2) is 19.5 Å². The highest BCUT2D eigenvalue weighted by Gasteiger charge is 2.22. The van der Waals surface area contributed by atoms with Gasteiger partial charge >= 0.3 is 0 Å². The van der Waals surface area contributed by atoms with Gasteiger partial charge in [-0.1, -0.05) is 133 Å². The van der Waals surface area contributed by atoms with Crippen molar-refractivity contribution >= 4 is 75.3 Å². The van der Waals surface area contributed by atoms with Gasteiger partial charge in [-0.05, 0) is 24.2 Å². The van der Waals surface area contributed by atoms with Crippen LogP contribution in [0.15, 0.2) is 162 Å². The number of nitrogens with zero attached hydrogens (tertiary/aromatic N) is 4. The van der Waals surface area contributed by atoms with Gasteiger partial charge in [0.05, 0.1) is 22.0 Å². The van der Waals surface area contributed by atoms with Crippen molar-refractivity contribution in [1.29, 1.82) is 0 Å². The third-order valence-electron chi connectivity index (χ3n) is 9.35. The molecule has 11 aromatic rings. The molecule has 51 heavy (non-hydrogen) atoms. The molecule has 0 amide bonds. The first-order valence-corrected chi connectivity index (χ1v) is 17.1. The van der Waals surface area contributed by atoms with E-state index >= 15 is 0 Å². The Morgan fingerprint density at radius 1 is 0.529 bits per heavy atom. The second-order valence-corrected chi connectivity index (χ2v) is 13.2. The number of para-hydroxylation sites is 3. The Morgan fingerprint density at radius 2 is 1.18 bits per heavy atom. The molecule has 0 saturated carbocycles. The molecule has 0 spiro atoms. The van der Waals surface area contributed by atoms with E-state index in [-0.39, 0.29) is 39.4 Å². The molecule has 4 heterocycles. The van der Waals surface area contributed by atoms with Gasteiger partial charge in [0.2, 0.25) is 5.95 Å². The number of furan rings is 1. The standard InChI is InChI=1S/C45H26N4OS/c1-2-13-27(14-3-1)43-46-44(48-45(47-43)49-36-23-7-4-15-28(36)29-16-5-8-24-37(29)49)35-22-12-25-38-40(35)34-21-10-18-31(41(34)50-38)33-20-11-19-32-30-17-6-9-26-39(30)51-42(32)33/h1-26H/i4D,5D,7D,8D,15D,16D,23D,24D. The van der Waals surface area contributed by atoms with Gasteiger partial charge < -0.3 is 4.42 Å². The van der Waals surface area contributed by atoms with E-state index in [9.17, 15) is 0 Å². The van der Waals surface area contributed by atoms with Gasteiger partial charge in [-0.25, -0.2) is 4.98 Å². The summed E-state index contributed by atoms with van der Waals surface area (Å²) in [5.41, 5.74) is 4.32. The number of fused-ring (bicyclic) bond motifs is 9. The predicted octanol–water partition coefficient (Wildman–Crippen LogP) is 12.2. The third-order valence-corrected chi connectivity index (χ3v) is 10.6. The molecule has 0 saturated heterocycles. The Bertz CT molecular complexity index is 3540. The van der Waals surface area contributed by atoms with E-state index in [2.05, 4.69) is 42.5 Å². The molecule has 0 bridgehead atoms. The molecule has 5 nitrogen and oxygen atoms in total. The zero-order valence-electron chi connectivity index (χ0n) is 34.5. The van der Waals surface area contributed by atoms with Gasteiger partial charge in [0, 0.05) is 64.0 Å². The number of hydrogen-bond acceptors (Lipinski definition) is 5. The highest BCUT2D eigenvalue weighted by molar-refractivity contribution is 7.26. The zero-order chi connectivity index (χ0) is 40.4. The molecule has 0 fully saturated rings. The smallest absolute Gasteiger partial charge is 0.238 e. The Kier molecular flexibility index (Phi) is 4.60. The fourth-order valence-electron chi connectivity index (χ4n) is 7.13. The predicted molar refractivity (Wildman–Crippen MR) is 211 cm³/mol. The molecular weight excluding hydrogens is 645 g/mol. The summed E-state index contributed by atoms with van der Waals surface area (Å²) in [7, 11) is 0. The number of rotatable bonds is 4. The molecule has 0 aliphatic heterocycles. The second kappa shape index (κ2) is 10.9. The molecule has 7 aromatic carbocycles. The maximum atomic E-state index is 9.07. The highest BCUT2D eigenvalue weighted by atomic mass is 32.1. The summed E-state index contributed by atoms with van der Waals surface area (Å²) in [5.74, 6) is 0.367. The first-order chi connectivity index (χ1) is 28.6. The van der Waals surface area contributed by atoms with E-state index in [0.717, 1.165) is 26.6 Å². The van der Waals surface area contributed by atoms with E-state index in [1.54, 1.807) is 11.3 Å². The van der Waals surface area contributed by atoms with E-state index in [4.69, 9.17) is 30.3 Å². The monoisotopic (exact) mass is 678 g/mol. The molecule has 6 heteroatoms. The van der Waals surface area contributed by atoms with Crippen molar-refractivity contribution in [2.24, 2.45) is 0 Å². The quantitative estimate of drug-likeness (QED) is 0.186. The largest absolute Gasteiger partial charge is 0.455 e. The van der Waals surface area contributed by atoms with E-state index in [0.29, 0.717) is 22.3 Å². The van der Waals surface area contributed by atoms with Crippen LogP contribution in [0.1, 0.15) is 11.0 Å². The van der Waals surface area contributed by atoms with Crippen LogP contribution in [0, 0.1) is 0 Å². The zero-order valence-corrected chi connectivity index (χ0v) is 27.3. The average molecular weight is 679 g/mol. The highest BCUT2D eigenvalue weighted by Crippen LogP contribution is 2.45. The lowest BCUT2D eigenvalue weighted by Gasteiger charge is -2.11. The van der Waals surface area contributed by atoms with Gasteiger partial charge in [0.25, 0.3) is 0 Å². The molecular formula is C45H26N4OS. The lowest BCUT2D eigenvalue weighted by atomic mass is 9.99. The van der Waals surface area contributed by atoms with Gasteiger partial charge in [-0.3, -0.25) is 4.57 Å². The minimum Gasteiger partial charge on any atom is -0.455 e. The van der Waals surface area contributed by atoms with Crippen LogP contribution in [0.5, 0.6) is 0 Å². The summed E-state index contributed by atoms with van der Waals surface area (Å²) in [5, 5.41) is 3.81. The fourth-order valence-corrected chi connectivity index (χ4v) is 8.36. The first-order valence-electron chi connectivity index (χ1n) is 20.3. The fraction of sp³-hybridized carbons (Fsp3) is 0. The van der Waals surface area contributed by atoms with Crippen molar-refractivity contribution in [3.05, 3.63) is 158 Å². The number of aromatic nitrogens is 4. The summed E-state index contributed by atoms with van der Waals surface area (Å²) in [6.07, 6.45) is 0. The normalized spacial score (nSPS) is 14.1. The van der Waals surface area contributed by atoms with Crippen molar-refractivity contribution in [3.63, 3.8) is 0 Å². The summed E-state index contributed by atoms with van der Waals surface area (Å²) in [4.78, 5) is 14.8. The van der Waals surface area contributed by atoms with E-state index < -0.39 is 48.3 Å². The van der Waals surface area contributed by atoms with Crippen molar-refractivity contribution in [2.45, 2.75) is 0 Å². The number of benzene rings is 7. The molecule has 0 radical (unpaired) electrons. The lowest BCUT2D eigenvalue weighted by Crippen LogP contribution is -2.06. The van der Waals surface area contributed by atoms with Crippen LogP contribution in [0.2, 0.25) is 0 Å². The minimum absolute atomic E-state index is 0.0645. The van der Waals surface area contributed by atoms with Gasteiger partial charge in [-0.2, -0.15) is 9.97 Å². The minimum atomic E-state index is -0.531. The van der Waals surface area contributed by atoms with Crippen LogP contribution in [-0.2, 0) is 0 Å². The van der Waals surface area contributed by atoms with Crippen LogP contribution in [0.4, 0.5) is 0 Å². The maximum Gasteiger partial charge on any atom is 0.238 e. The topological polar surface area (TPSA) is 56.7 Å². The van der Waals surface area contributed by atoms with Crippen LogP contribution < -0.4 is 0 Å². The number of thiophene rings is 1. The summed E-state index contributed by atoms with van der Waals surface area (Å²) in [6.45, 7) is 0. The second-order valence-electron chi connectivity index (χ2n) is 12.2. The van der Waals surface area contributed by atoms with Crippen molar-refractivity contribution < 1.29 is 15.4 Å². The van der Waals surface area contributed by atoms with Gasteiger partial charge in [-0.15, -0.1) is 11.3 Å². The average Bonchev–Trinajstić information content (AvgIpc) is 3.97. The molecule has 0 aliphatic carbocycles. The van der Waals surface area contributed by atoms with Crippen molar-refractivity contribution in [3.8, 4) is 39.9 Å². The Hall–Kier alpha value is -6.63. The number of hydrogen-bond donors (Lipinski definition) is 0. The van der Waals surface area contributed by atoms with E-state index in [1.807, 2.05) is 66.7 Å². The third kappa shape index (κ3) is 4.24. The van der Waals surface area contributed by atoms with Crippen molar-refractivity contribution in [2.75, 3.05) is 0 Å². The van der Waals surface area contributed by atoms with Gasteiger partial charge in [0.15, 0.2) is 11.6 Å². The van der Waals surface area contributed by atoms with Crippen LogP contribution in [0.25, 0.3) is 104 Å². The summed E-state index contributed by atoms with van der Waals surface area (Å²) in [6, 6.07) is 31.7. The van der Waals surface area contributed by atoms with E-state index in [1.165, 1.54) is 20.0 Å². The Balaban J connectivity index is 1.23.